The van der Waals surface area contributed by atoms with Crippen molar-refractivity contribution < 1.29 is 19.1 Å². The number of nitrogens with zero attached hydrogens (tertiary/aromatic N) is 4. The van der Waals surface area contributed by atoms with Crippen LogP contribution in [0.15, 0.2) is 48.5 Å². The molecule has 8 nitrogen and oxygen atoms in total. The van der Waals surface area contributed by atoms with E-state index in [0.717, 1.165) is 29.1 Å². The van der Waals surface area contributed by atoms with E-state index in [2.05, 4.69) is 18.9 Å². The number of benzene rings is 2. The summed E-state index contributed by atoms with van der Waals surface area (Å²) in [5.41, 5.74) is 1.52. The number of ether oxygens (including phenoxy) is 1. The summed E-state index contributed by atoms with van der Waals surface area (Å²) in [4.78, 5) is 42.9. The summed E-state index contributed by atoms with van der Waals surface area (Å²) in [6, 6.07) is 14.1. The van der Waals surface area contributed by atoms with Gasteiger partial charge in [0.05, 0.1) is 17.7 Å². The molecule has 5 rings (SSSR count). The van der Waals surface area contributed by atoms with Crippen LogP contribution in [-0.2, 0) is 4.79 Å². The van der Waals surface area contributed by atoms with Gasteiger partial charge in [-0.25, -0.2) is 9.67 Å². The van der Waals surface area contributed by atoms with Gasteiger partial charge in [-0.2, -0.15) is 5.10 Å². The van der Waals surface area contributed by atoms with Crippen molar-refractivity contribution >= 4 is 17.6 Å². The molecule has 8 heteroatoms. The van der Waals surface area contributed by atoms with E-state index in [0.29, 0.717) is 28.6 Å². The standard InChI is InChI=1S/C25H24N4O4/c1-15(2)29-23(17-7-8-17)26-22(27-29)16-9-11-19(12-10-16)33-14-18(30)13-28-24(31)20-5-3-4-6-21(20)25(28)32/h3-6,9-12,15,17H,7-8,13-14H2,1-2H3. The minimum absolute atomic E-state index is 0.237. The number of carbonyl (C=O) groups is 3. The normalized spacial score (nSPS) is 15.3. The summed E-state index contributed by atoms with van der Waals surface area (Å²) >= 11 is 0. The van der Waals surface area contributed by atoms with Crippen LogP contribution in [0.5, 0.6) is 5.75 Å². The lowest BCUT2D eigenvalue weighted by atomic mass is 10.1. The maximum Gasteiger partial charge on any atom is 0.261 e. The third-order valence-corrected chi connectivity index (χ3v) is 5.81. The molecule has 0 unspecified atom stereocenters. The summed E-state index contributed by atoms with van der Waals surface area (Å²) < 4.78 is 7.58. The highest BCUT2D eigenvalue weighted by Crippen LogP contribution is 2.40. The van der Waals surface area contributed by atoms with Crippen LogP contribution in [-0.4, -0.2) is 50.4 Å². The van der Waals surface area contributed by atoms with Gasteiger partial charge in [0.2, 0.25) is 0 Å². The Morgan fingerprint density at radius 2 is 1.67 bits per heavy atom. The number of hydrogen-bond donors (Lipinski definition) is 0. The summed E-state index contributed by atoms with van der Waals surface area (Å²) in [6.45, 7) is 3.64. The molecule has 0 atom stereocenters. The zero-order valence-corrected chi connectivity index (χ0v) is 18.5. The van der Waals surface area contributed by atoms with E-state index < -0.39 is 11.8 Å². The SMILES string of the molecule is CC(C)n1nc(-c2ccc(OCC(=O)CN3C(=O)c4ccccc4C3=O)cc2)nc1C1CC1. The van der Waals surface area contributed by atoms with Gasteiger partial charge in [0, 0.05) is 17.5 Å². The van der Waals surface area contributed by atoms with Crippen LogP contribution >= 0.6 is 0 Å². The maximum absolute atomic E-state index is 12.4. The first-order valence-corrected chi connectivity index (χ1v) is 11.1. The van der Waals surface area contributed by atoms with E-state index in [1.54, 1.807) is 36.4 Å². The molecular weight excluding hydrogens is 420 g/mol. The van der Waals surface area contributed by atoms with E-state index in [-0.39, 0.29) is 25.0 Å². The molecule has 0 spiro atoms. The van der Waals surface area contributed by atoms with Gasteiger partial charge in [-0.05, 0) is 63.1 Å². The van der Waals surface area contributed by atoms with Crippen molar-refractivity contribution in [1.29, 1.82) is 0 Å². The fourth-order valence-corrected chi connectivity index (χ4v) is 3.93. The fraction of sp³-hybridized carbons (Fsp3) is 0.320. The van der Waals surface area contributed by atoms with Crippen molar-refractivity contribution in [2.75, 3.05) is 13.2 Å². The largest absolute Gasteiger partial charge is 0.486 e. The predicted octanol–water partition coefficient (Wildman–Crippen LogP) is 3.65. The molecule has 0 N–H and O–H groups in total. The molecule has 2 aromatic carbocycles. The average molecular weight is 444 g/mol. The lowest BCUT2D eigenvalue weighted by molar-refractivity contribution is -0.121. The number of carbonyl (C=O) groups excluding carboxylic acids is 3. The van der Waals surface area contributed by atoms with Crippen molar-refractivity contribution in [3.8, 4) is 17.1 Å². The van der Waals surface area contributed by atoms with E-state index in [4.69, 9.17) is 9.72 Å². The smallest absolute Gasteiger partial charge is 0.261 e. The van der Waals surface area contributed by atoms with Crippen molar-refractivity contribution in [2.24, 2.45) is 0 Å². The molecule has 2 heterocycles. The van der Waals surface area contributed by atoms with Crippen molar-refractivity contribution in [3.05, 3.63) is 65.5 Å². The molecule has 1 aliphatic heterocycles. The monoisotopic (exact) mass is 444 g/mol. The first-order valence-electron chi connectivity index (χ1n) is 11.1. The molecule has 3 aromatic rings. The Kier molecular flexibility index (Phi) is 5.28. The highest BCUT2D eigenvalue weighted by Gasteiger charge is 2.36. The lowest BCUT2D eigenvalue weighted by Crippen LogP contribution is -2.36. The number of imide groups is 1. The van der Waals surface area contributed by atoms with Gasteiger partial charge in [-0.3, -0.25) is 19.3 Å². The molecule has 0 radical (unpaired) electrons. The van der Waals surface area contributed by atoms with E-state index >= 15 is 0 Å². The van der Waals surface area contributed by atoms with E-state index in [1.165, 1.54) is 0 Å². The van der Waals surface area contributed by atoms with Gasteiger partial charge < -0.3 is 4.74 Å². The zero-order valence-electron chi connectivity index (χ0n) is 18.5. The van der Waals surface area contributed by atoms with Gasteiger partial charge in [0.25, 0.3) is 11.8 Å². The van der Waals surface area contributed by atoms with Crippen LogP contribution in [0.3, 0.4) is 0 Å². The average Bonchev–Trinajstić information content (AvgIpc) is 3.53. The number of rotatable bonds is 8. The quantitative estimate of drug-likeness (QED) is 0.492. The Labute approximate surface area is 191 Å². The second-order valence-electron chi connectivity index (χ2n) is 8.70. The topological polar surface area (TPSA) is 94.4 Å². The van der Waals surface area contributed by atoms with Crippen LogP contribution in [0.2, 0.25) is 0 Å². The van der Waals surface area contributed by atoms with Crippen molar-refractivity contribution in [3.63, 3.8) is 0 Å². The Hall–Kier alpha value is -3.81. The molecular formula is C25H24N4O4. The zero-order chi connectivity index (χ0) is 23.1. The first kappa shape index (κ1) is 21.1. The lowest BCUT2D eigenvalue weighted by Gasteiger charge is -2.13. The minimum atomic E-state index is -0.452. The summed E-state index contributed by atoms with van der Waals surface area (Å²) in [5.74, 6) is 1.47. The molecule has 0 saturated heterocycles. The molecule has 2 amide bonds. The number of aromatic nitrogens is 3. The summed E-state index contributed by atoms with van der Waals surface area (Å²) in [6.07, 6.45) is 2.32. The third-order valence-electron chi connectivity index (χ3n) is 5.81. The van der Waals surface area contributed by atoms with Gasteiger partial charge in [0.1, 0.15) is 18.2 Å². The minimum Gasteiger partial charge on any atom is -0.486 e. The van der Waals surface area contributed by atoms with E-state index in [1.807, 2.05) is 16.8 Å². The number of amides is 2. The first-order chi connectivity index (χ1) is 15.9. The maximum atomic E-state index is 12.4. The third kappa shape index (κ3) is 4.04. The molecule has 168 valence electrons. The fourth-order valence-electron chi connectivity index (χ4n) is 3.93. The Morgan fingerprint density at radius 1 is 1.03 bits per heavy atom. The second-order valence-corrected chi connectivity index (χ2v) is 8.70. The molecule has 33 heavy (non-hydrogen) atoms. The number of hydrogen-bond acceptors (Lipinski definition) is 6. The molecule has 1 fully saturated rings. The number of fused-ring (bicyclic) bond motifs is 1. The highest BCUT2D eigenvalue weighted by atomic mass is 16.5. The van der Waals surface area contributed by atoms with Gasteiger partial charge >= 0.3 is 0 Å². The molecule has 1 aromatic heterocycles. The number of ketones is 1. The van der Waals surface area contributed by atoms with E-state index in [9.17, 15) is 14.4 Å². The Bertz CT molecular complexity index is 1190. The molecule has 1 saturated carbocycles. The van der Waals surface area contributed by atoms with Crippen molar-refractivity contribution in [1.82, 2.24) is 19.7 Å². The van der Waals surface area contributed by atoms with Crippen LogP contribution in [0, 0.1) is 0 Å². The van der Waals surface area contributed by atoms with Crippen LogP contribution in [0.1, 0.15) is 65.2 Å². The molecule has 2 aliphatic rings. The number of Topliss-reactive ketones (excluding diaryl/α,β-unsaturated/α-hetero) is 1. The van der Waals surface area contributed by atoms with Crippen LogP contribution < -0.4 is 4.74 Å². The summed E-state index contributed by atoms with van der Waals surface area (Å²) in [5, 5.41) is 4.68. The molecule has 1 aliphatic carbocycles. The van der Waals surface area contributed by atoms with Gasteiger partial charge in [-0.1, -0.05) is 12.1 Å². The predicted molar refractivity (Wildman–Crippen MR) is 120 cm³/mol. The van der Waals surface area contributed by atoms with Gasteiger partial charge in [0.15, 0.2) is 11.6 Å². The molecule has 0 bridgehead atoms. The van der Waals surface area contributed by atoms with Crippen LogP contribution in [0.25, 0.3) is 11.4 Å². The van der Waals surface area contributed by atoms with Gasteiger partial charge in [-0.15, -0.1) is 0 Å². The summed E-state index contributed by atoms with van der Waals surface area (Å²) in [7, 11) is 0. The highest BCUT2D eigenvalue weighted by molar-refractivity contribution is 6.22. The Morgan fingerprint density at radius 3 is 2.24 bits per heavy atom. The Balaban J connectivity index is 1.20. The van der Waals surface area contributed by atoms with Crippen molar-refractivity contribution in [2.45, 2.75) is 38.6 Å². The van der Waals surface area contributed by atoms with Crippen LogP contribution in [0.4, 0.5) is 0 Å². The second kappa shape index (κ2) is 8.27.